The Morgan fingerprint density at radius 1 is 1.38 bits per heavy atom. The second-order valence-electron chi connectivity index (χ2n) is 6.15. The van der Waals surface area contributed by atoms with Gasteiger partial charge in [-0.3, -0.25) is 4.90 Å². The van der Waals surface area contributed by atoms with E-state index >= 15 is 0 Å². The second-order valence-corrected chi connectivity index (χ2v) is 6.15. The van der Waals surface area contributed by atoms with E-state index in [-0.39, 0.29) is 11.5 Å². The van der Waals surface area contributed by atoms with Gasteiger partial charge in [-0.25, -0.2) is 4.79 Å². The minimum absolute atomic E-state index is 0.0740. The van der Waals surface area contributed by atoms with Crippen molar-refractivity contribution in [1.82, 2.24) is 4.90 Å². The first-order valence-corrected chi connectivity index (χ1v) is 7.38. The van der Waals surface area contributed by atoms with E-state index in [1.165, 1.54) is 0 Å². The monoisotopic (exact) mass is 291 g/mol. The Labute approximate surface area is 126 Å². The lowest BCUT2D eigenvalue weighted by Gasteiger charge is -2.46. The quantitative estimate of drug-likeness (QED) is 0.681. The van der Waals surface area contributed by atoms with Gasteiger partial charge in [-0.1, -0.05) is 0 Å². The Kier molecular flexibility index (Phi) is 4.42. The Morgan fingerprint density at radius 2 is 2.10 bits per heavy atom. The van der Waals surface area contributed by atoms with Gasteiger partial charge in [0.15, 0.2) is 0 Å². The molecular weight excluding hydrogens is 266 g/mol. The fourth-order valence-electron chi connectivity index (χ4n) is 2.60. The lowest BCUT2D eigenvalue weighted by atomic mass is 9.98. The molecule has 0 radical (unpaired) electrons. The number of hydrogen-bond acceptors (Lipinski definition) is 5. The molecule has 1 aliphatic heterocycles. The molecule has 0 aromatic heterocycles. The maximum absolute atomic E-state index is 11.9. The molecule has 0 atom stereocenters. The summed E-state index contributed by atoms with van der Waals surface area (Å²) in [6.07, 6.45) is 0. The van der Waals surface area contributed by atoms with Crippen molar-refractivity contribution in [2.24, 2.45) is 0 Å². The summed E-state index contributed by atoms with van der Waals surface area (Å²) in [5.74, 6) is -0.299. The number of carbonyl (C=O) groups is 1. The smallest absolute Gasteiger partial charge is 0.338 e. The van der Waals surface area contributed by atoms with Crippen molar-refractivity contribution in [3.8, 4) is 0 Å². The molecule has 21 heavy (non-hydrogen) atoms. The number of hydrogen-bond donors (Lipinski definition) is 1. The highest BCUT2D eigenvalue weighted by atomic mass is 16.5. The fourth-order valence-corrected chi connectivity index (χ4v) is 2.60. The van der Waals surface area contributed by atoms with E-state index in [2.05, 4.69) is 30.7 Å². The predicted molar refractivity (Wildman–Crippen MR) is 85.7 cm³/mol. The van der Waals surface area contributed by atoms with Crippen molar-refractivity contribution in [2.75, 3.05) is 43.9 Å². The van der Waals surface area contributed by atoms with Crippen LogP contribution in [-0.2, 0) is 4.74 Å². The van der Waals surface area contributed by atoms with Crippen LogP contribution in [0.3, 0.4) is 0 Å². The van der Waals surface area contributed by atoms with Crippen LogP contribution < -0.4 is 10.6 Å². The molecular formula is C16H25N3O2. The van der Waals surface area contributed by atoms with Crippen LogP contribution in [0.5, 0.6) is 0 Å². The number of nitrogens with zero attached hydrogens (tertiary/aromatic N) is 2. The van der Waals surface area contributed by atoms with E-state index in [0.29, 0.717) is 17.9 Å². The van der Waals surface area contributed by atoms with Crippen molar-refractivity contribution >= 4 is 17.3 Å². The molecule has 0 amide bonds. The van der Waals surface area contributed by atoms with Crippen LogP contribution in [0.4, 0.5) is 11.4 Å². The predicted octanol–water partition coefficient (Wildman–Crippen LogP) is 1.98. The molecule has 5 heteroatoms. The Hall–Kier alpha value is -1.75. The third-order valence-corrected chi connectivity index (χ3v) is 4.20. The summed E-state index contributed by atoms with van der Waals surface area (Å²) in [5.41, 5.74) is 8.35. The molecule has 116 valence electrons. The van der Waals surface area contributed by atoms with Crippen LogP contribution in [0.2, 0.25) is 0 Å². The molecule has 2 rings (SSSR count). The standard InChI is InChI=1S/C16H25N3O2/c1-5-21-15(20)12-6-7-13(17)14(10-12)19-9-8-18(4)16(2,3)11-19/h6-7,10H,5,8-9,11,17H2,1-4H3. The van der Waals surface area contributed by atoms with Gasteiger partial charge in [-0.05, 0) is 46.0 Å². The third-order valence-electron chi connectivity index (χ3n) is 4.20. The third kappa shape index (κ3) is 3.29. The maximum Gasteiger partial charge on any atom is 0.338 e. The highest BCUT2D eigenvalue weighted by Gasteiger charge is 2.31. The summed E-state index contributed by atoms with van der Waals surface area (Å²) in [6, 6.07) is 5.35. The first-order chi connectivity index (χ1) is 9.85. The zero-order chi connectivity index (χ0) is 15.6. The molecule has 0 saturated carbocycles. The number of nitrogens with two attached hydrogens (primary N) is 1. The largest absolute Gasteiger partial charge is 0.462 e. The van der Waals surface area contributed by atoms with Crippen molar-refractivity contribution in [2.45, 2.75) is 26.3 Å². The van der Waals surface area contributed by atoms with Crippen molar-refractivity contribution in [1.29, 1.82) is 0 Å². The molecule has 0 unspecified atom stereocenters. The molecule has 1 aromatic rings. The number of esters is 1. The number of anilines is 2. The Bertz CT molecular complexity index is 528. The molecule has 1 aromatic carbocycles. The molecule has 1 aliphatic rings. The van der Waals surface area contributed by atoms with E-state index in [1.54, 1.807) is 19.1 Å². The molecule has 2 N–H and O–H groups in total. The number of carbonyl (C=O) groups excluding carboxylic acids is 1. The van der Waals surface area contributed by atoms with Gasteiger partial charge in [0.1, 0.15) is 0 Å². The highest BCUT2D eigenvalue weighted by molar-refractivity contribution is 5.92. The van der Waals surface area contributed by atoms with E-state index in [9.17, 15) is 4.79 Å². The molecule has 0 bridgehead atoms. The summed E-state index contributed by atoms with van der Waals surface area (Å²) in [5, 5.41) is 0. The molecule has 1 saturated heterocycles. The average Bonchev–Trinajstić information content (AvgIpc) is 2.42. The van der Waals surface area contributed by atoms with Gasteiger partial charge >= 0.3 is 5.97 Å². The van der Waals surface area contributed by atoms with Gasteiger partial charge in [-0.2, -0.15) is 0 Å². The van der Waals surface area contributed by atoms with Gasteiger partial charge < -0.3 is 15.4 Å². The van der Waals surface area contributed by atoms with Crippen LogP contribution in [0, 0.1) is 0 Å². The van der Waals surface area contributed by atoms with Gasteiger partial charge in [-0.15, -0.1) is 0 Å². The molecule has 1 fully saturated rings. The van der Waals surface area contributed by atoms with Gasteiger partial charge in [0.2, 0.25) is 0 Å². The van der Waals surface area contributed by atoms with Gasteiger partial charge in [0.25, 0.3) is 0 Å². The zero-order valence-electron chi connectivity index (χ0n) is 13.3. The van der Waals surface area contributed by atoms with E-state index < -0.39 is 0 Å². The average molecular weight is 291 g/mol. The SMILES string of the molecule is CCOC(=O)c1ccc(N)c(N2CCN(C)C(C)(C)C2)c1. The van der Waals surface area contributed by atoms with Crippen LogP contribution in [-0.4, -0.2) is 49.7 Å². The van der Waals surface area contributed by atoms with E-state index in [1.807, 2.05) is 6.07 Å². The number of likely N-dealkylation sites (N-methyl/N-ethyl adjacent to an activating group) is 1. The van der Waals surface area contributed by atoms with Crippen molar-refractivity contribution in [3.63, 3.8) is 0 Å². The van der Waals surface area contributed by atoms with Crippen molar-refractivity contribution < 1.29 is 9.53 Å². The summed E-state index contributed by atoms with van der Waals surface area (Å²) in [4.78, 5) is 16.5. The summed E-state index contributed by atoms with van der Waals surface area (Å²) in [7, 11) is 2.13. The highest BCUT2D eigenvalue weighted by Crippen LogP contribution is 2.29. The molecule has 0 aliphatic carbocycles. The lowest BCUT2D eigenvalue weighted by molar-refractivity contribution is 0.0526. The molecule has 0 spiro atoms. The number of nitrogen functional groups attached to an aromatic ring is 1. The normalized spacial score (nSPS) is 18.6. The first-order valence-electron chi connectivity index (χ1n) is 7.38. The summed E-state index contributed by atoms with van der Waals surface area (Å²) in [6.45, 7) is 9.35. The first kappa shape index (κ1) is 15.6. The number of ether oxygens (including phenoxy) is 1. The van der Waals surface area contributed by atoms with Crippen LogP contribution >= 0.6 is 0 Å². The van der Waals surface area contributed by atoms with Crippen LogP contribution in [0.1, 0.15) is 31.1 Å². The number of piperazine rings is 1. The van der Waals surface area contributed by atoms with Gasteiger partial charge in [0, 0.05) is 25.2 Å². The minimum atomic E-state index is -0.299. The van der Waals surface area contributed by atoms with Crippen molar-refractivity contribution in [3.05, 3.63) is 23.8 Å². The fraction of sp³-hybridized carbons (Fsp3) is 0.562. The van der Waals surface area contributed by atoms with E-state index in [0.717, 1.165) is 25.3 Å². The molecule has 1 heterocycles. The maximum atomic E-state index is 11.9. The van der Waals surface area contributed by atoms with Crippen LogP contribution in [0.25, 0.3) is 0 Å². The van der Waals surface area contributed by atoms with Gasteiger partial charge in [0.05, 0.1) is 23.5 Å². The topological polar surface area (TPSA) is 58.8 Å². The zero-order valence-corrected chi connectivity index (χ0v) is 13.3. The molecule has 5 nitrogen and oxygen atoms in total. The second kappa shape index (κ2) is 5.93. The number of rotatable bonds is 3. The summed E-state index contributed by atoms with van der Waals surface area (Å²) < 4.78 is 5.06. The van der Waals surface area contributed by atoms with E-state index in [4.69, 9.17) is 10.5 Å². The Morgan fingerprint density at radius 3 is 2.71 bits per heavy atom. The summed E-state index contributed by atoms with van der Waals surface area (Å²) >= 11 is 0. The minimum Gasteiger partial charge on any atom is -0.462 e. The Balaban J connectivity index is 2.27. The number of benzene rings is 1. The lowest BCUT2D eigenvalue weighted by Crippen LogP contribution is -2.57. The van der Waals surface area contributed by atoms with Crippen LogP contribution in [0.15, 0.2) is 18.2 Å².